The van der Waals surface area contributed by atoms with Gasteiger partial charge in [0, 0.05) is 17.8 Å². The van der Waals surface area contributed by atoms with Crippen LogP contribution in [0.2, 0.25) is 0 Å². The summed E-state index contributed by atoms with van der Waals surface area (Å²) in [5.74, 6) is -0.140. The van der Waals surface area contributed by atoms with Gasteiger partial charge in [-0.05, 0) is 45.2 Å². The van der Waals surface area contributed by atoms with Crippen LogP contribution in [0, 0.1) is 13.8 Å². The van der Waals surface area contributed by atoms with E-state index in [1.54, 1.807) is 18.7 Å². The zero-order chi connectivity index (χ0) is 18.2. The molecular formula is C18H22N2O4S. The molecule has 0 fully saturated rings. The Labute approximate surface area is 147 Å². The number of carbonyl (C=O) groups is 1. The topological polar surface area (TPSA) is 80.5 Å². The maximum absolute atomic E-state index is 12.9. The number of hydrogen-bond acceptors (Lipinski definition) is 5. The van der Waals surface area contributed by atoms with Crippen LogP contribution in [0.5, 0.6) is 0 Å². The zero-order valence-electron chi connectivity index (χ0n) is 14.7. The minimum absolute atomic E-state index is 0.240. The van der Waals surface area contributed by atoms with Gasteiger partial charge in [-0.25, -0.2) is 8.42 Å². The molecule has 1 aliphatic heterocycles. The summed E-state index contributed by atoms with van der Waals surface area (Å²) in [5, 5.41) is 2.67. The number of carbonyl (C=O) groups excluding carboxylic acids is 1. The quantitative estimate of drug-likeness (QED) is 0.835. The Kier molecular flexibility index (Phi) is 4.69. The molecule has 25 heavy (non-hydrogen) atoms. The largest absolute Gasteiger partial charge is 0.361 e. The van der Waals surface area contributed by atoms with E-state index in [9.17, 15) is 13.2 Å². The fourth-order valence-electron chi connectivity index (χ4n) is 3.17. The lowest BCUT2D eigenvalue weighted by Crippen LogP contribution is -2.44. The third kappa shape index (κ3) is 3.33. The Hall–Kier alpha value is -2.15. The average molecular weight is 362 g/mol. The number of rotatable bonds is 4. The number of sulfone groups is 1. The first-order chi connectivity index (χ1) is 11.8. The van der Waals surface area contributed by atoms with Crippen LogP contribution in [0.3, 0.4) is 0 Å². The van der Waals surface area contributed by atoms with Crippen LogP contribution in [0.15, 0.2) is 28.8 Å². The minimum Gasteiger partial charge on any atom is -0.361 e. The van der Waals surface area contributed by atoms with Gasteiger partial charge in [-0.1, -0.05) is 23.4 Å². The highest BCUT2D eigenvalue weighted by molar-refractivity contribution is 7.92. The molecule has 2 aromatic rings. The van der Waals surface area contributed by atoms with Crippen LogP contribution in [0.4, 0.5) is 5.69 Å². The lowest BCUT2D eigenvalue weighted by Gasteiger charge is -2.31. The van der Waals surface area contributed by atoms with Gasteiger partial charge < -0.3 is 9.42 Å². The van der Waals surface area contributed by atoms with Crippen molar-refractivity contribution in [2.45, 2.75) is 44.6 Å². The van der Waals surface area contributed by atoms with Gasteiger partial charge in [-0.2, -0.15) is 0 Å². The fourth-order valence-corrected chi connectivity index (χ4v) is 4.67. The molecule has 3 rings (SSSR count). The Morgan fingerprint density at radius 3 is 2.72 bits per heavy atom. The summed E-state index contributed by atoms with van der Waals surface area (Å²) >= 11 is 0. The van der Waals surface area contributed by atoms with Crippen molar-refractivity contribution < 1.29 is 17.7 Å². The molecule has 0 N–H and O–H groups in total. The number of benzene rings is 1. The van der Waals surface area contributed by atoms with E-state index in [1.165, 1.54) is 6.92 Å². The average Bonchev–Trinajstić information content (AvgIpc) is 2.91. The SMILES string of the molecule is Cc1noc(C)c1CS(=O)(=O)C(C)C(=O)N1CCCc2ccccc21. The smallest absolute Gasteiger partial charge is 0.245 e. The molecular weight excluding hydrogens is 340 g/mol. The van der Waals surface area contributed by atoms with Gasteiger partial charge in [0.1, 0.15) is 11.0 Å². The summed E-state index contributed by atoms with van der Waals surface area (Å²) in [6.07, 6.45) is 1.74. The van der Waals surface area contributed by atoms with Crippen molar-refractivity contribution in [3.8, 4) is 0 Å². The summed E-state index contributed by atoms with van der Waals surface area (Å²) in [5.41, 5.74) is 2.98. The standard InChI is InChI=1S/C18H22N2O4S/c1-12-16(13(2)24-19-12)11-25(22,23)14(3)18(21)20-10-6-8-15-7-4-5-9-17(15)20/h4-5,7,9,14H,6,8,10-11H2,1-3H3. The van der Waals surface area contributed by atoms with E-state index in [0.29, 0.717) is 23.6 Å². The maximum Gasteiger partial charge on any atom is 0.245 e. The molecule has 0 spiro atoms. The van der Waals surface area contributed by atoms with Crippen LogP contribution in [-0.4, -0.2) is 31.3 Å². The number of aryl methyl sites for hydroxylation is 3. The second-order valence-corrected chi connectivity index (χ2v) is 8.80. The van der Waals surface area contributed by atoms with E-state index in [0.717, 1.165) is 24.1 Å². The van der Waals surface area contributed by atoms with Crippen molar-refractivity contribution in [2.75, 3.05) is 11.4 Å². The Bertz CT molecular complexity index is 882. The molecule has 1 amide bonds. The van der Waals surface area contributed by atoms with E-state index >= 15 is 0 Å². The third-order valence-electron chi connectivity index (χ3n) is 4.79. The summed E-state index contributed by atoms with van der Waals surface area (Å²) in [6, 6.07) is 7.66. The molecule has 1 unspecified atom stereocenters. The first-order valence-electron chi connectivity index (χ1n) is 8.34. The van der Waals surface area contributed by atoms with Crippen molar-refractivity contribution in [1.29, 1.82) is 0 Å². The zero-order valence-corrected chi connectivity index (χ0v) is 15.5. The van der Waals surface area contributed by atoms with Gasteiger partial charge in [0.05, 0.1) is 11.4 Å². The van der Waals surface area contributed by atoms with Gasteiger partial charge in [-0.15, -0.1) is 0 Å². The predicted octanol–water partition coefficient (Wildman–Crippen LogP) is 2.57. The highest BCUT2D eigenvalue weighted by atomic mass is 32.2. The van der Waals surface area contributed by atoms with Crippen LogP contribution >= 0.6 is 0 Å². The van der Waals surface area contributed by atoms with Gasteiger partial charge in [0.25, 0.3) is 0 Å². The van der Waals surface area contributed by atoms with E-state index in [4.69, 9.17) is 4.52 Å². The molecule has 1 aromatic carbocycles. The van der Waals surface area contributed by atoms with Crippen molar-refractivity contribution in [1.82, 2.24) is 5.16 Å². The number of aromatic nitrogens is 1. The molecule has 0 radical (unpaired) electrons. The van der Waals surface area contributed by atoms with E-state index < -0.39 is 15.1 Å². The molecule has 2 heterocycles. The molecule has 1 aromatic heterocycles. The van der Waals surface area contributed by atoms with Gasteiger partial charge >= 0.3 is 0 Å². The number of amides is 1. The number of fused-ring (bicyclic) bond motifs is 1. The third-order valence-corrected chi connectivity index (χ3v) is 6.76. The maximum atomic E-state index is 12.9. The molecule has 134 valence electrons. The second-order valence-electron chi connectivity index (χ2n) is 6.47. The van der Waals surface area contributed by atoms with E-state index in [-0.39, 0.29) is 11.7 Å². The highest BCUT2D eigenvalue weighted by Gasteiger charge is 2.35. The van der Waals surface area contributed by atoms with Crippen LogP contribution < -0.4 is 4.90 Å². The van der Waals surface area contributed by atoms with E-state index in [1.807, 2.05) is 24.3 Å². The predicted molar refractivity (Wildman–Crippen MR) is 95.2 cm³/mol. The fraction of sp³-hybridized carbons (Fsp3) is 0.444. The normalized spacial score (nSPS) is 15.7. The molecule has 6 nitrogen and oxygen atoms in total. The van der Waals surface area contributed by atoms with Gasteiger partial charge in [0.2, 0.25) is 5.91 Å². The van der Waals surface area contributed by atoms with Gasteiger partial charge in [0.15, 0.2) is 9.84 Å². The Morgan fingerprint density at radius 1 is 1.32 bits per heavy atom. The highest BCUT2D eigenvalue weighted by Crippen LogP contribution is 2.28. The number of hydrogen-bond donors (Lipinski definition) is 0. The molecule has 0 aliphatic carbocycles. The molecule has 7 heteroatoms. The van der Waals surface area contributed by atoms with E-state index in [2.05, 4.69) is 5.16 Å². The molecule has 1 aliphatic rings. The second kappa shape index (κ2) is 6.63. The lowest BCUT2D eigenvalue weighted by molar-refractivity contribution is -0.118. The van der Waals surface area contributed by atoms with Crippen molar-refractivity contribution in [2.24, 2.45) is 0 Å². The summed E-state index contributed by atoms with van der Waals surface area (Å²) < 4.78 is 30.6. The van der Waals surface area contributed by atoms with Crippen molar-refractivity contribution in [3.05, 3.63) is 46.8 Å². The monoisotopic (exact) mass is 362 g/mol. The molecule has 0 bridgehead atoms. The Balaban J connectivity index is 1.85. The summed E-state index contributed by atoms with van der Waals surface area (Å²) in [7, 11) is -3.67. The van der Waals surface area contributed by atoms with Crippen LogP contribution in [0.25, 0.3) is 0 Å². The molecule has 1 atom stereocenters. The minimum atomic E-state index is -3.67. The summed E-state index contributed by atoms with van der Waals surface area (Å²) in [4.78, 5) is 14.5. The Morgan fingerprint density at radius 2 is 2.04 bits per heavy atom. The summed E-state index contributed by atoms with van der Waals surface area (Å²) in [6.45, 7) is 5.39. The van der Waals surface area contributed by atoms with Crippen LogP contribution in [0.1, 0.15) is 35.9 Å². The number of para-hydroxylation sites is 1. The van der Waals surface area contributed by atoms with Crippen LogP contribution in [-0.2, 0) is 26.8 Å². The number of nitrogens with zero attached hydrogens (tertiary/aromatic N) is 2. The first-order valence-corrected chi connectivity index (χ1v) is 10.1. The first kappa shape index (κ1) is 17.7. The van der Waals surface area contributed by atoms with Crippen molar-refractivity contribution >= 4 is 21.4 Å². The number of anilines is 1. The molecule has 0 saturated heterocycles. The van der Waals surface area contributed by atoms with Gasteiger partial charge in [-0.3, -0.25) is 4.79 Å². The van der Waals surface area contributed by atoms with Crippen molar-refractivity contribution in [3.63, 3.8) is 0 Å². The lowest BCUT2D eigenvalue weighted by atomic mass is 10.0. The molecule has 0 saturated carbocycles.